The Morgan fingerprint density at radius 3 is 2.41 bits per heavy atom. The Morgan fingerprint density at radius 2 is 1.85 bits per heavy atom. The fourth-order valence-electron chi connectivity index (χ4n) is 3.29. The Kier molecular flexibility index (Phi) is 8.29. The summed E-state index contributed by atoms with van der Waals surface area (Å²) in [5.41, 5.74) is 4.17. The minimum absolute atomic E-state index is 0.0327. The maximum absolute atomic E-state index is 13.0. The summed E-state index contributed by atoms with van der Waals surface area (Å²) >= 11 is 5.16. The van der Waals surface area contributed by atoms with Crippen LogP contribution in [0, 0.1) is 13.8 Å². The second-order valence-electron chi connectivity index (χ2n) is 6.64. The third-order valence-corrected chi connectivity index (χ3v) is 6.05. The highest BCUT2D eigenvalue weighted by Crippen LogP contribution is 2.28. The number of thioether (sulfide) groups is 1. The maximum atomic E-state index is 13.0. The number of rotatable bonds is 8. The fraction of sp³-hybridized carbons (Fsp3) is 0.476. The first-order chi connectivity index (χ1) is 12.9. The van der Waals surface area contributed by atoms with E-state index in [0.717, 1.165) is 45.1 Å². The monoisotopic (exact) mass is 449 g/mol. The van der Waals surface area contributed by atoms with Crippen LogP contribution < -0.4 is 0 Å². The smallest absolute Gasteiger partial charge is 0.223 e. The van der Waals surface area contributed by atoms with Crippen molar-refractivity contribution in [1.82, 2.24) is 14.9 Å². The first kappa shape index (κ1) is 21.9. The molecule has 0 aliphatic heterocycles. The Hall–Kier alpha value is -1.40. The summed E-state index contributed by atoms with van der Waals surface area (Å²) in [5, 5.41) is 0.787. The lowest BCUT2D eigenvalue weighted by Gasteiger charge is -2.30. The summed E-state index contributed by atoms with van der Waals surface area (Å²) in [7, 11) is 0. The third-order valence-electron chi connectivity index (χ3n) is 4.78. The largest absolute Gasteiger partial charge is 0.336 e. The van der Waals surface area contributed by atoms with Gasteiger partial charge in [-0.15, -0.1) is 0 Å². The van der Waals surface area contributed by atoms with Crippen LogP contribution in [0.1, 0.15) is 55.2 Å². The number of aryl methyl sites for hydroxylation is 2. The number of aromatic nitrogens is 2. The van der Waals surface area contributed by atoms with Gasteiger partial charge in [0.1, 0.15) is 0 Å². The van der Waals surface area contributed by atoms with Gasteiger partial charge in [-0.05, 0) is 57.1 Å². The zero-order chi connectivity index (χ0) is 20.0. The molecule has 0 aliphatic carbocycles. The van der Waals surface area contributed by atoms with Gasteiger partial charge in [0.05, 0.1) is 6.04 Å². The van der Waals surface area contributed by atoms with Crippen LogP contribution in [0.15, 0.2) is 33.9 Å². The van der Waals surface area contributed by atoms with Crippen molar-refractivity contribution in [3.05, 3.63) is 51.3 Å². The van der Waals surface area contributed by atoms with Gasteiger partial charge in [0.25, 0.3) is 0 Å². The molecule has 0 saturated carbocycles. The molecule has 1 amide bonds. The lowest BCUT2D eigenvalue weighted by atomic mass is 10.0. The molecular formula is C21H28BrN3OS. The number of hydrogen-bond acceptors (Lipinski definition) is 4. The van der Waals surface area contributed by atoms with Crippen molar-refractivity contribution in [3.8, 4) is 0 Å². The van der Waals surface area contributed by atoms with Gasteiger partial charge in [0.2, 0.25) is 5.91 Å². The first-order valence-electron chi connectivity index (χ1n) is 9.31. The molecule has 0 radical (unpaired) electrons. The highest BCUT2D eigenvalue weighted by Gasteiger charge is 2.22. The third kappa shape index (κ3) is 5.55. The number of amides is 1. The lowest BCUT2D eigenvalue weighted by Crippen LogP contribution is -2.34. The number of carbonyl (C=O) groups excluding carboxylic acids is 1. The van der Waals surface area contributed by atoms with E-state index in [1.165, 1.54) is 0 Å². The van der Waals surface area contributed by atoms with E-state index in [-0.39, 0.29) is 11.9 Å². The molecule has 1 unspecified atom stereocenters. The standard InChI is InChI=1S/C21H28BrN3OS/c1-6-13-25(16(4)18-9-7-8-10-19(18)22)20(26)12-11-17-14(2)23-21(27-5)24-15(17)3/h7-10,16H,6,11-13H2,1-5H3. The van der Waals surface area contributed by atoms with Gasteiger partial charge in [0, 0.05) is 28.8 Å². The molecule has 1 heterocycles. The van der Waals surface area contributed by atoms with Crippen LogP contribution in [0.2, 0.25) is 0 Å². The van der Waals surface area contributed by atoms with Crippen molar-refractivity contribution in [3.63, 3.8) is 0 Å². The Balaban J connectivity index is 2.15. The van der Waals surface area contributed by atoms with Crippen molar-refractivity contribution in [2.24, 2.45) is 0 Å². The topological polar surface area (TPSA) is 46.1 Å². The minimum atomic E-state index is 0.0327. The SMILES string of the molecule is CCCN(C(=O)CCc1c(C)nc(SC)nc1C)C(C)c1ccccc1Br. The van der Waals surface area contributed by atoms with E-state index < -0.39 is 0 Å². The number of halogens is 1. The van der Waals surface area contributed by atoms with E-state index in [2.05, 4.69) is 45.8 Å². The normalized spacial score (nSPS) is 12.1. The average molecular weight is 450 g/mol. The molecule has 0 bridgehead atoms. The van der Waals surface area contributed by atoms with Gasteiger partial charge in [-0.1, -0.05) is 52.8 Å². The van der Waals surface area contributed by atoms with Crippen LogP contribution >= 0.6 is 27.7 Å². The van der Waals surface area contributed by atoms with Crippen LogP contribution in [0.3, 0.4) is 0 Å². The van der Waals surface area contributed by atoms with Crippen LogP contribution in [0.5, 0.6) is 0 Å². The van der Waals surface area contributed by atoms with E-state index >= 15 is 0 Å². The Morgan fingerprint density at radius 1 is 1.22 bits per heavy atom. The summed E-state index contributed by atoms with van der Waals surface area (Å²) in [6.07, 6.45) is 4.06. The summed E-state index contributed by atoms with van der Waals surface area (Å²) < 4.78 is 1.04. The molecule has 0 N–H and O–H groups in total. The second-order valence-corrected chi connectivity index (χ2v) is 8.27. The zero-order valence-corrected chi connectivity index (χ0v) is 19.2. The molecule has 0 aliphatic rings. The molecule has 0 spiro atoms. The van der Waals surface area contributed by atoms with Gasteiger partial charge >= 0.3 is 0 Å². The summed E-state index contributed by atoms with van der Waals surface area (Å²) in [5.74, 6) is 0.174. The molecule has 1 atom stereocenters. The van der Waals surface area contributed by atoms with Crippen molar-refractivity contribution >= 4 is 33.6 Å². The summed E-state index contributed by atoms with van der Waals surface area (Å²) in [6.45, 7) is 8.96. The van der Waals surface area contributed by atoms with Gasteiger partial charge < -0.3 is 4.90 Å². The number of benzene rings is 1. The highest BCUT2D eigenvalue weighted by molar-refractivity contribution is 9.10. The lowest BCUT2D eigenvalue weighted by molar-refractivity contribution is -0.133. The molecule has 2 aromatic rings. The molecule has 27 heavy (non-hydrogen) atoms. The molecule has 2 rings (SSSR count). The quantitative estimate of drug-likeness (QED) is 0.393. The van der Waals surface area contributed by atoms with Crippen molar-refractivity contribution in [2.75, 3.05) is 12.8 Å². The molecule has 146 valence electrons. The molecule has 0 saturated heterocycles. The fourth-order valence-corrected chi connectivity index (χ4v) is 4.37. The number of nitrogens with zero attached hydrogens (tertiary/aromatic N) is 3. The van der Waals surface area contributed by atoms with Gasteiger partial charge in [-0.3, -0.25) is 4.79 Å². The van der Waals surface area contributed by atoms with E-state index in [1.54, 1.807) is 11.8 Å². The molecule has 0 fully saturated rings. The first-order valence-corrected chi connectivity index (χ1v) is 11.3. The molecule has 6 heteroatoms. The van der Waals surface area contributed by atoms with Gasteiger partial charge in [0.15, 0.2) is 5.16 Å². The molecular weight excluding hydrogens is 422 g/mol. The van der Waals surface area contributed by atoms with E-state index in [4.69, 9.17) is 0 Å². The van der Waals surface area contributed by atoms with Crippen LogP contribution in [-0.2, 0) is 11.2 Å². The van der Waals surface area contributed by atoms with Crippen molar-refractivity contribution < 1.29 is 4.79 Å². The average Bonchev–Trinajstić information content (AvgIpc) is 2.64. The van der Waals surface area contributed by atoms with Crippen molar-refractivity contribution in [1.29, 1.82) is 0 Å². The number of carbonyl (C=O) groups is 1. The van der Waals surface area contributed by atoms with Gasteiger partial charge in [-0.2, -0.15) is 0 Å². The van der Waals surface area contributed by atoms with Crippen LogP contribution in [0.25, 0.3) is 0 Å². The zero-order valence-electron chi connectivity index (χ0n) is 16.8. The molecule has 4 nitrogen and oxygen atoms in total. The van der Waals surface area contributed by atoms with Crippen molar-refractivity contribution in [2.45, 2.75) is 58.2 Å². The molecule has 1 aromatic carbocycles. The predicted octanol–water partition coefficient (Wildman–Crippen LogP) is 5.51. The Labute approximate surface area is 175 Å². The highest BCUT2D eigenvalue weighted by atomic mass is 79.9. The second kappa shape index (κ2) is 10.2. The maximum Gasteiger partial charge on any atom is 0.223 e. The van der Waals surface area contributed by atoms with Crippen LogP contribution in [-0.4, -0.2) is 33.6 Å². The summed E-state index contributed by atoms with van der Waals surface area (Å²) in [4.78, 5) is 24.1. The predicted molar refractivity (Wildman–Crippen MR) is 116 cm³/mol. The van der Waals surface area contributed by atoms with E-state index in [0.29, 0.717) is 12.8 Å². The minimum Gasteiger partial charge on any atom is -0.336 e. The summed E-state index contributed by atoms with van der Waals surface area (Å²) in [6, 6.07) is 8.15. The van der Waals surface area contributed by atoms with E-state index in [9.17, 15) is 4.79 Å². The molecule has 1 aromatic heterocycles. The van der Waals surface area contributed by atoms with E-state index in [1.807, 2.05) is 43.2 Å². The number of hydrogen-bond donors (Lipinski definition) is 0. The van der Waals surface area contributed by atoms with Crippen LogP contribution in [0.4, 0.5) is 0 Å². The Bertz CT molecular complexity index is 774. The van der Waals surface area contributed by atoms with Gasteiger partial charge in [-0.25, -0.2) is 9.97 Å².